The van der Waals surface area contributed by atoms with E-state index in [1.807, 2.05) is 81.4 Å². The van der Waals surface area contributed by atoms with Crippen molar-refractivity contribution in [2.24, 2.45) is 17.6 Å². The average Bonchev–Trinajstić information content (AvgIpc) is 2.94. The van der Waals surface area contributed by atoms with Gasteiger partial charge in [0.25, 0.3) is 5.91 Å². The van der Waals surface area contributed by atoms with Gasteiger partial charge < -0.3 is 26.4 Å². The molecule has 0 heterocycles. The van der Waals surface area contributed by atoms with Crippen molar-refractivity contribution in [1.82, 2.24) is 16.0 Å². The molecule has 4 amide bonds. The number of hydrogen-bond donors (Lipinski definition) is 4. The van der Waals surface area contributed by atoms with E-state index in [9.17, 15) is 24.0 Å². The van der Waals surface area contributed by atoms with Crippen molar-refractivity contribution < 1.29 is 28.7 Å². The van der Waals surface area contributed by atoms with Crippen LogP contribution in [0.2, 0.25) is 0 Å². The van der Waals surface area contributed by atoms with E-state index in [1.165, 1.54) is 0 Å². The number of ether oxygens (including phenoxy) is 1. The molecule has 0 saturated carbocycles. The lowest BCUT2D eigenvalue weighted by atomic mass is 9.93. The maximum atomic E-state index is 13.3. The number of carbonyl (C=O) groups excluding carboxylic acids is 5. The third-order valence-electron chi connectivity index (χ3n) is 6.65. The lowest BCUT2D eigenvalue weighted by Crippen LogP contribution is -2.57. The summed E-state index contributed by atoms with van der Waals surface area (Å²) in [5.74, 6) is -3.33. The van der Waals surface area contributed by atoms with Gasteiger partial charge in [0.15, 0.2) is 0 Å². The lowest BCUT2D eigenvalue weighted by molar-refractivity contribution is -0.141. The number of Topliss-reactive ketones (excluding diaryl/α,β-unsaturated/α-hetero) is 1. The zero-order chi connectivity index (χ0) is 30.4. The van der Waals surface area contributed by atoms with Crippen molar-refractivity contribution in [3.8, 4) is 0 Å². The third-order valence-corrected chi connectivity index (χ3v) is 6.65. The molecule has 222 valence electrons. The first-order chi connectivity index (χ1) is 19.5. The summed E-state index contributed by atoms with van der Waals surface area (Å²) in [7, 11) is 0. The molecule has 0 aromatic heterocycles. The van der Waals surface area contributed by atoms with E-state index in [0.29, 0.717) is 12.8 Å². The fraction of sp³-hybridized carbons (Fsp3) is 0.452. The Kier molecular flexibility index (Phi) is 13.5. The molecular weight excluding hydrogens is 524 g/mol. The number of rotatable bonds is 16. The second-order valence-corrected chi connectivity index (χ2v) is 10.7. The maximum Gasteiger partial charge on any atom is 0.408 e. The van der Waals surface area contributed by atoms with Crippen molar-refractivity contribution in [3.05, 3.63) is 71.8 Å². The third kappa shape index (κ3) is 11.8. The SMILES string of the molecule is CC[C@H](C)C(NC(=O)C(CC(C)C)NC(=O)OCc1ccccc1)C(=O)C(=O)NC(CC(N)=O)Cc1ccccc1. The molecule has 41 heavy (non-hydrogen) atoms. The molecule has 2 rings (SSSR count). The summed E-state index contributed by atoms with van der Waals surface area (Å²) in [6.45, 7) is 7.42. The number of carbonyl (C=O) groups is 5. The summed E-state index contributed by atoms with van der Waals surface area (Å²) in [5.41, 5.74) is 7.04. The van der Waals surface area contributed by atoms with Crippen LogP contribution in [0.5, 0.6) is 0 Å². The van der Waals surface area contributed by atoms with Crippen LogP contribution in [-0.4, -0.2) is 47.7 Å². The first-order valence-corrected chi connectivity index (χ1v) is 13.9. The van der Waals surface area contributed by atoms with Crippen molar-refractivity contribution >= 4 is 29.6 Å². The first kappa shape index (κ1) is 33.0. The minimum atomic E-state index is -1.14. The first-order valence-electron chi connectivity index (χ1n) is 13.9. The van der Waals surface area contributed by atoms with Gasteiger partial charge >= 0.3 is 6.09 Å². The highest BCUT2D eigenvalue weighted by Crippen LogP contribution is 2.13. The molecule has 0 radical (unpaired) electrons. The van der Waals surface area contributed by atoms with Gasteiger partial charge in [-0.15, -0.1) is 0 Å². The summed E-state index contributed by atoms with van der Waals surface area (Å²) in [6, 6.07) is 15.5. The molecule has 0 saturated heterocycles. The van der Waals surface area contributed by atoms with Crippen LogP contribution in [0.15, 0.2) is 60.7 Å². The summed E-state index contributed by atoms with van der Waals surface area (Å²) >= 11 is 0. The van der Waals surface area contributed by atoms with E-state index in [1.54, 1.807) is 6.92 Å². The minimum Gasteiger partial charge on any atom is -0.445 e. The number of primary amides is 1. The summed E-state index contributed by atoms with van der Waals surface area (Å²) in [5, 5.41) is 7.90. The smallest absolute Gasteiger partial charge is 0.408 e. The number of amides is 4. The molecule has 0 spiro atoms. The molecule has 3 unspecified atom stereocenters. The summed E-state index contributed by atoms with van der Waals surface area (Å²) in [6.07, 6.45) is 0.167. The van der Waals surface area contributed by atoms with E-state index >= 15 is 0 Å². The zero-order valence-corrected chi connectivity index (χ0v) is 24.2. The molecule has 0 bridgehead atoms. The normalized spacial score (nSPS) is 13.8. The second kappa shape index (κ2) is 16.8. The number of benzene rings is 2. The Morgan fingerprint density at radius 3 is 1.95 bits per heavy atom. The molecule has 0 fully saturated rings. The second-order valence-electron chi connectivity index (χ2n) is 10.7. The van der Waals surface area contributed by atoms with Crippen LogP contribution in [0.4, 0.5) is 4.79 Å². The van der Waals surface area contributed by atoms with Gasteiger partial charge in [-0.05, 0) is 35.8 Å². The Labute approximate surface area is 241 Å². The van der Waals surface area contributed by atoms with Crippen molar-refractivity contribution in [3.63, 3.8) is 0 Å². The van der Waals surface area contributed by atoms with E-state index < -0.39 is 47.7 Å². The van der Waals surface area contributed by atoms with Crippen LogP contribution < -0.4 is 21.7 Å². The zero-order valence-electron chi connectivity index (χ0n) is 24.2. The summed E-state index contributed by atoms with van der Waals surface area (Å²) in [4.78, 5) is 63.9. The molecule has 0 aliphatic carbocycles. The van der Waals surface area contributed by atoms with Crippen LogP contribution in [0.1, 0.15) is 58.1 Å². The predicted octanol–water partition coefficient (Wildman–Crippen LogP) is 3.03. The molecule has 0 aliphatic heterocycles. The molecule has 2 aromatic rings. The largest absolute Gasteiger partial charge is 0.445 e. The van der Waals surface area contributed by atoms with Crippen LogP contribution in [0.25, 0.3) is 0 Å². The maximum absolute atomic E-state index is 13.3. The van der Waals surface area contributed by atoms with Crippen LogP contribution in [-0.2, 0) is 36.9 Å². The Bertz CT molecular complexity index is 1160. The molecule has 10 nitrogen and oxygen atoms in total. The fourth-order valence-electron chi connectivity index (χ4n) is 4.28. The quantitative estimate of drug-likeness (QED) is 0.229. The predicted molar refractivity (Wildman–Crippen MR) is 155 cm³/mol. The standard InChI is InChI=1S/C31H42N4O6/c1-5-21(4)27(28(37)30(39)33-24(18-26(32)36)17-22-12-8-6-9-13-22)35-29(38)25(16-20(2)3)34-31(40)41-19-23-14-10-7-11-15-23/h6-15,20-21,24-25,27H,5,16-19H2,1-4H3,(H2,32,36)(H,33,39)(H,34,40)(H,35,38)/t21-,24?,25?,27?/m0/s1. The Morgan fingerprint density at radius 1 is 0.829 bits per heavy atom. The minimum absolute atomic E-state index is 0.0340. The highest BCUT2D eigenvalue weighted by atomic mass is 16.5. The number of ketones is 1. The lowest BCUT2D eigenvalue weighted by Gasteiger charge is -2.27. The van der Waals surface area contributed by atoms with Crippen LogP contribution >= 0.6 is 0 Å². The van der Waals surface area contributed by atoms with Gasteiger partial charge in [-0.2, -0.15) is 0 Å². The number of nitrogens with one attached hydrogen (secondary N) is 3. The fourth-order valence-corrected chi connectivity index (χ4v) is 4.28. The Morgan fingerprint density at radius 2 is 1.41 bits per heavy atom. The number of nitrogens with two attached hydrogens (primary N) is 1. The molecular formula is C31H42N4O6. The average molecular weight is 567 g/mol. The molecule has 0 aliphatic rings. The molecule has 2 aromatic carbocycles. The van der Waals surface area contributed by atoms with E-state index in [4.69, 9.17) is 10.5 Å². The van der Waals surface area contributed by atoms with Crippen molar-refractivity contribution in [1.29, 1.82) is 0 Å². The van der Waals surface area contributed by atoms with Crippen LogP contribution in [0.3, 0.4) is 0 Å². The highest BCUT2D eigenvalue weighted by molar-refractivity contribution is 6.38. The van der Waals surface area contributed by atoms with E-state index in [-0.39, 0.29) is 31.3 Å². The van der Waals surface area contributed by atoms with Gasteiger partial charge in [0.2, 0.25) is 17.6 Å². The molecule has 4 atom stereocenters. The van der Waals surface area contributed by atoms with Gasteiger partial charge in [0.1, 0.15) is 12.6 Å². The van der Waals surface area contributed by atoms with Gasteiger partial charge in [0, 0.05) is 12.5 Å². The van der Waals surface area contributed by atoms with Gasteiger partial charge in [-0.1, -0.05) is 94.8 Å². The van der Waals surface area contributed by atoms with E-state index in [0.717, 1.165) is 11.1 Å². The molecule has 10 heteroatoms. The highest BCUT2D eigenvalue weighted by Gasteiger charge is 2.34. The van der Waals surface area contributed by atoms with E-state index in [2.05, 4.69) is 16.0 Å². The van der Waals surface area contributed by atoms with Gasteiger partial charge in [-0.25, -0.2) is 4.79 Å². The topological polar surface area (TPSA) is 157 Å². The van der Waals surface area contributed by atoms with Crippen LogP contribution in [0, 0.1) is 11.8 Å². The van der Waals surface area contributed by atoms with Crippen molar-refractivity contribution in [2.75, 3.05) is 0 Å². The summed E-state index contributed by atoms with van der Waals surface area (Å²) < 4.78 is 5.27. The molecule has 5 N–H and O–H groups in total. The Hall–Kier alpha value is -4.21. The Balaban J connectivity index is 2.11. The van der Waals surface area contributed by atoms with Gasteiger partial charge in [-0.3, -0.25) is 19.2 Å². The number of hydrogen-bond acceptors (Lipinski definition) is 6. The van der Waals surface area contributed by atoms with Crippen molar-refractivity contribution in [2.45, 2.75) is 78.1 Å². The monoisotopic (exact) mass is 566 g/mol. The van der Waals surface area contributed by atoms with Gasteiger partial charge in [0.05, 0.1) is 6.04 Å². The number of alkyl carbamates (subject to hydrolysis) is 1.